The van der Waals surface area contributed by atoms with Crippen LogP contribution in [-0.2, 0) is 197 Å². The molecule has 10 aromatic heterocycles. The van der Waals surface area contributed by atoms with E-state index in [1.165, 1.54) is 226 Å². The summed E-state index contributed by atoms with van der Waals surface area (Å²) < 4.78 is 129. The van der Waals surface area contributed by atoms with Crippen LogP contribution >= 0.6 is 0 Å². The second kappa shape index (κ2) is 57.1. The number of nitrogens with zero attached hydrogens (tertiary/aromatic N) is 30. The SMILES string of the molecule is C.CC.CC.CC1CCCCCc2c1nnn2C.CC1CCCCCc2c1nnn2C.CC1CCCCCc2nnn(C)c21.CC1CCCCCc2nnn(C)c21.CC1CCCCc2c(nnn2C)C1(F)F.CC1CCCCc2c(nnn2C)C1(F)F.CC1CCCCc2nnn(C)c2C1(F)F.CC1CCCCc2nnn(C)c2C1(F)F.Cn1nnc2c1CCc1ccccc1CC2.Cn1nnc2c1CCc1ccccc1CC2. The van der Waals surface area contributed by atoms with Crippen LogP contribution in [0.2, 0.25) is 0 Å². The number of hydrogen-bond acceptors (Lipinski definition) is 20. The van der Waals surface area contributed by atoms with Crippen molar-refractivity contribution in [3.8, 4) is 0 Å². The third-order valence-corrected chi connectivity index (χ3v) is 31.3. The van der Waals surface area contributed by atoms with Crippen LogP contribution in [0.5, 0.6) is 0 Å². The number of aryl methyl sites for hydroxylation is 20. The zero-order chi connectivity index (χ0) is 107. The van der Waals surface area contributed by atoms with Crippen molar-refractivity contribution < 1.29 is 35.1 Å². The zero-order valence-electron chi connectivity index (χ0n) is 92.8. The van der Waals surface area contributed by atoms with E-state index in [1.54, 1.807) is 41.8 Å². The van der Waals surface area contributed by atoms with E-state index < -0.39 is 47.4 Å². The monoisotopic (exact) mass is 2080 g/mol. The standard InChI is InChI=1S/2C13H15N3.4C10H15F2N3.4C10H17N3.2C2H6.CH4/c2*1-16-13-9-7-11-5-3-2-4-10(11)6-8-12(13)14-15-16;2*1-7-5-3-4-6-8-9(10(7,11)12)13-14-15(8)2;2*1-7-5-3-4-6-8-9(10(7,11)12)15(2)14-13-8;2*1-8-6-4-3-5-7-9-10(8)11-12-13(9)2;2*1-8-6-4-3-5-7-9-10(8)13(2)12-11-9;2*1-2;/h2*2-5H,6-9H2,1H3;4*7H,3-6H2,1-2H3;4*8H,3-7H2,1-2H3;2*1-2H3;1H4. The maximum absolute atomic E-state index is 14.0. The van der Waals surface area contributed by atoms with Crippen molar-refractivity contribution in [2.45, 2.75) is 420 Å². The summed E-state index contributed by atoms with van der Waals surface area (Å²) in [7, 11) is 18.4. The smallest absolute Gasteiger partial charge is 0.252 e. The molecule has 30 nitrogen and oxygen atoms in total. The summed E-state index contributed by atoms with van der Waals surface area (Å²) in [5.41, 5.74) is 23.1. The predicted octanol–water partition coefficient (Wildman–Crippen LogP) is 23.3. The molecule has 8 atom stereocenters. The fourth-order valence-electron chi connectivity index (χ4n) is 22.1. The summed E-state index contributed by atoms with van der Waals surface area (Å²) >= 11 is 0. The number of alkyl halides is 8. The number of halogens is 8. The summed E-state index contributed by atoms with van der Waals surface area (Å²) in [5, 5.41) is 79.7. The zero-order valence-corrected chi connectivity index (χ0v) is 92.8. The Hall–Kier alpha value is -10.7. The molecule has 0 radical (unpaired) electrons. The molecule has 8 unspecified atom stereocenters. The highest BCUT2D eigenvalue weighted by Gasteiger charge is 2.48. The first kappa shape index (κ1) is 120. The van der Waals surface area contributed by atoms with E-state index in [-0.39, 0.29) is 30.2 Å². The minimum absolute atomic E-state index is 0. The van der Waals surface area contributed by atoms with Gasteiger partial charge in [-0.2, -0.15) is 35.1 Å². The van der Waals surface area contributed by atoms with Crippen molar-refractivity contribution >= 4 is 0 Å². The normalized spacial score (nSPS) is 21.7. The van der Waals surface area contributed by atoms with Gasteiger partial charge in [0.25, 0.3) is 23.7 Å². The van der Waals surface area contributed by atoms with Gasteiger partial charge in [-0.05, 0) is 240 Å². The third-order valence-electron chi connectivity index (χ3n) is 31.3. The van der Waals surface area contributed by atoms with Gasteiger partial charge in [0.2, 0.25) is 0 Å². The maximum Gasteiger partial charge on any atom is 0.295 e. The van der Waals surface area contributed by atoms with E-state index in [1.807, 2.05) is 98.1 Å². The predicted molar refractivity (Wildman–Crippen MR) is 567 cm³/mol. The van der Waals surface area contributed by atoms with Crippen LogP contribution in [0.3, 0.4) is 0 Å². The minimum Gasteiger partial charge on any atom is -0.252 e. The van der Waals surface area contributed by atoms with E-state index in [9.17, 15) is 35.1 Å². The summed E-state index contributed by atoms with van der Waals surface area (Å²) in [6, 6.07) is 17.4. The number of aromatic nitrogens is 30. The quantitative estimate of drug-likeness (QED) is 0.127. The second-order valence-electron chi connectivity index (χ2n) is 42.0. The van der Waals surface area contributed by atoms with Crippen molar-refractivity contribution in [1.29, 1.82) is 0 Å². The Morgan fingerprint density at radius 2 is 0.450 bits per heavy atom. The molecule has 0 saturated heterocycles. The molecule has 0 amide bonds. The fourth-order valence-corrected chi connectivity index (χ4v) is 22.1. The molecule has 0 bridgehead atoms. The molecule has 0 saturated carbocycles. The first-order valence-electron chi connectivity index (χ1n) is 55.5. The highest BCUT2D eigenvalue weighted by molar-refractivity contribution is 5.34. The Kier molecular flexibility index (Phi) is 46.1. The van der Waals surface area contributed by atoms with Gasteiger partial charge in [0, 0.05) is 106 Å². The fraction of sp³-hybridized carbons (Fsp3) is 0.712. The Morgan fingerprint density at radius 3 is 0.799 bits per heavy atom. The van der Waals surface area contributed by atoms with Gasteiger partial charge in [0.15, 0.2) is 11.4 Å². The van der Waals surface area contributed by atoms with Crippen molar-refractivity contribution in [1.82, 2.24) is 150 Å². The lowest BCUT2D eigenvalue weighted by molar-refractivity contribution is -0.0713. The largest absolute Gasteiger partial charge is 0.295 e. The second-order valence-corrected chi connectivity index (χ2v) is 42.0. The molecule has 22 rings (SSSR count). The van der Waals surface area contributed by atoms with Gasteiger partial charge in [-0.25, -0.2) is 9.36 Å². The minimum atomic E-state index is -2.83. The van der Waals surface area contributed by atoms with Gasteiger partial charge < -0.3 is 0 Å². The maximum atomic E-state index is 14.0. The third kappa shape index (κ3) is 30.9. The lowest BCUT2D eigenvalue weighted by Crippen LogP contribution is -2.29. The molecule has 0 N–H and O–H groups in total. The van der Waals surface area contributed by atoms with Crippen LogP contribution in [0.15, 0.2) is 48.5 Å². The number of rotatable bonds is 0. The molecule has 2 aromatic carbocycles. The van der Waals surface area contributed by atoms with Crippen molar-refractivity contribution in [3.05, 3.63) is 185 Å². The van der Waals surface area contributed by atoms with E-state index in [0.717, 1.165) is 128 Å². The molecule has 0 aliphatic heterocycles. The van der Waals surface area contributed by atoms with Crippen LogP contribution in [0.25, 0.3) is 0 Å². The summed E-state index contributed by atoms with van der Waals surface area (Å²) in [6.07, 6.45) is 46.0. The molecule has 824 valence electrons. The molecule has 10 aliphatic carbocycles. The highest BCUT2D eigenvalue weighted by Crippen LogP contribution is 2.46. The Bertz CT molecular complexity index is 5640. The summed E-state index contributed by atoms with van der Waals surface area (Å²) in [5.74, 6) is -11.3. The molecule has 38 heteroatoms. The summed E-state index contributed by atoms with van der Waals surface area (Å²) in [4.78, 5) is 0. The van der Waals surface area contributed by atoms with Crippen LogP contribution in [0.1, 0.15) is 430 Å². The van der Waals surface area contributed by atoms with Gasteiger partial charge in [-0.3, -0.25) is 37.5 Å². The molecule has 149 heavy (non-hydrogen) atoms. The van der Waals surface area contributed by atoms with Gasteiger partial charge >= 0.3 is 0 Å². The molecular weight excluding hydrogens is 1910 g/mol. The van der Waals surface area contributed by atoms with Crippen LogP contribution in [0.4, 0.5) is 35.1 Å². The van der Waals surface area contributed by atoms with Crippen molar-refractivity contribution in [2.24, 2.45) is 94.1 Å². The number of fused-ring (bicyclic) bond motifs is 12. The van der Waals surface area contributed by atoms with E-state index in [4.69, 9.17) is 0 Å². The first-order chi connectivity index (χ1) is 71.0. The highest BCUT2D eigenvalue weighted by atomic mass is 19.3. The van der Waals surface area contributed by atoms with E-state index in [2.05, 4.69) is 179 Å². The lowest BCUT2D eigenvalue weighted by atomic mass is 9.89. The van der Waals surface area contributed by atoms with E-state index in [0.29, 0.717) is 97.8 Å². The van der Waals surface area contributed by atoms with Crippen LogP contribution < -0.4 is 0 Å². The van der Waals surface area contributed by atoms with Crippen LogP contribution in [0, 0.1) is 23.7 Å². The summed E-state index contributed by atoms with van der Waals surface area (Å²) in [6.45, 7) is 23.5. The average Bonchev–Trinajstić information content (AvgIpc) is 1.64. The molecule has 0 fully saturated rings. The Balaban J connectivity index is 0.000000169. The molecule has 10 heterocycles. The Morgan fingerprint density at radius 1 is 0.215 bits per heavy atom. The average molecular weight is 2080 g/mol. The molecule has 12 aromatic rings. The van der Waals surface area contributed by atoms with Gasteiger partial charge in [-0.15, -0.1) is 51.0 Å². The molecule has 0 spiro atoms. The van der Waals surface area contributed by atoms with Crippen LogP contribution in [-0.4, -0.2) is 150 Å². The lowest BCUT2D eigenvalue weighted by Gasteiger charge is -2.26. The first-order valence-corrected chi connectivity index (χ1v) is 55.5. The Labute approximate surface area is 879 Å². The van der Waals surface area contributed by atoms with Gasteiger partial charge in [-0.1, -0.05) is 268 Å². The number of benzene rings is 2. The van der Waals surface area contributed by atoms with Crippen molar-refractivity contribution in [3.63, 3.8) is 0 Å². The topological polar surface area (TPSA) is 307 Å². The molecule has 10 aliphatic rings. The van der Waals surface area contributed by atoms with Gasteiger partial charge in [0.1, 0.15) is 11.4 Å². The number of hydrogen-bond donors (Lipinski definition) is 0. The van der Waals surface area contributed by atoms with Gasteiger partial charge in [0.05, 0.1) is 91.1 Å². The van der Waals surface area contributed by atoms with Crippen molar-refractivity contribution in [2.75, 3.05) is 0 Å². The molecular formula is C111H174F8N30. The van der Waals surface area contributed by atoms with E-state index >= 15 is 0 Å².